The van der Waals surface area contributed by atoms with E-state index in [1.807, 2.05) is 0 Å². The number of benzene rings is 2. The molecular weight excluding hydrogens is 314 g/mol. The number of aliphatic imine (C=N–C) groups is 1. The minimum atomic E-state index is -0.871. The second kappa shape index (κ2) is 6.65. The van der Waals surface area contributed by atoms with E-state index in [0.29, 0.717) is 5.01 Å². The number of hydrazine groups is 1. The molecule has 0 aliphatic heterocycles. The summed E-state index contributed by atoms with van der Waals surface area (Å²) in [6.45, 7) is 0. The van der Waals surface area contributed by atoms with Crippen LogP contribution in [-0.2, 0) is 0 Å². The van der Waals surface area contributed by atoms with Gasteiger partial charge in [0.25, 0.3) is 0 Å². The normalized spacial score (nSPS) is 11.0. The summed E-state index contributed by atoms with van der Waals surface area (Å²) in [7, 11) is 0. The lowest BCUT2D eigenvalue weighted by atomic mass is 10.3. The summed E-state index contributed by atoms with van der Waals surface area (Å²) >= 11 is 0. The number of nitrogens with one attached hydrogen (secondary N) is 1. The SMILES string of the molecule is N#CN(Nc1cc(F)ccc1F)C(N)=Nc1cc(F)ccc1F. The Balaban J connectivity index is 2.30. The van der Waals surface area contributed by atoms with E-state index in [1.54, 1.807) is 0 Å². The lowest BCUT2D eigenvalue weighted by molar-refractivity contribution is 0.588. The third-order valence-corrected chi connectivity index (χ3v) is 2.63. The van der Waals surface area contributed by atoms with Crippen LogP contribution in [0.5, 0.6) is 0 Å². The number of anilines is 1. The van der Waals surface area contributed by atoms with Gasteiger partial charge in [0.2, 0.25) is 12.2 Å². The lowest BCUT2D eigenvalue weighted by Crippen LogP contribution is -2.38. The van der Waals surface area contributed by atoms with Gasteiger partial charge < -0.3 is 5.73 Å². The Morgan fingerprint density at radius 1 is 1.04 bits per heavy atom. The first-order valence-electron chi connectivity index (χ1n) is 6.11. The molecule has 9 heteroatoms. The van der Waals surface area contributed by atoms with Crippen molar-refractivity contribution in [3.8, 4) is 6.19 Å². The second-order valence-electron chi connectivity index (χ2n) is 4.24. The number of nitriles is 1. The van der Waals surface area contributed by atoms with E-state index in [9.17, 15) is 17.6 Å². The number of hydrogen-bond donors (Lipinski definition) is 2. The predicted octanol–water partition coefficient (Wildman–Crippen LogP) is 3.00. The number of hydrogen-bond acceptors (Lipinski definition) is 3. The van der Waals surface area contributed by atoms with Gasteiger partial charge in [-0.25, -0.2) is 22.6 Å². The number of guanidine groups is 1. The molecule has 0 bridgehead atoms. The van der Waals surface area contributed by atoms with Crippen LogP contribution in [0.3, 0.4) is 0 Å². The van der Waals surface area contributed by atoms with Crippen molar-refractivity contribution in [2.45, 2.75) is 0 Å². The van der Waals surface area contributed by atoms with E-state index >= 15 is 0 Å². The van der Waals surface area contributed by atoms with Gasteiger partial charge in [-0.05, 0) is 24.3 Å². The van der Waals surface area contributed by atoms with Crippen molar-refractivity contribution in [3.63, 3.8) is 0 Å². The number of rotatable bonds is 3. The molecule has 0 aliphatic rings. The topological polar surface area (TPSA) is 77.4 Å². The third kappa shape index (κ3) is 3.88. The van der Waals surface area contributed by atoms with Crippen molar-refractivity contribution in [1.82, 2.24) is 5.01 Å². The minimum Gasteiger partial charge on any atom is -0.367 e. The molecule has 2 rings (SSSR count). The molecule has 0 amide bonds. The first-order chi connectivity index (χ1) is 10.9. The van der Waals surface area contributed by atoms with Gasteiger partial charge in [-0.15, -0.1) is 0 Å². The van der Waals surface area contributed by atoms with E-state index in [0.717, 1.165) is 36.4 Å². The minimum absolute atomic E-state index is 0.385. The Kier molecular flexibility index (Phi) is 4.66. The molecule has 0 fully saturated rings. The Morgan fingerprint density at radius 2 is 1.65 bits per heavy atom. The highest BCUT2D eigenvalue weighted by molar-refractivity contribution is 5.83. The Hall–Kier alpha value is -3.28. The van der Waals surface area contributed by atoms with E-state index in [4.69, 9.17) is 11.0 Å². The molecule has 118 valence electrons. The average molecular weight is 323 g/mol. The van der Waals surface area contributed by atoms with Crippen LogP contribution in [-0.4, -0.2) is 11.0 Å². The van der Waals surface area contributed by atoms with Gasteiger partial charge in [0.1, 0.15) is 29.0 Å². The monoisotopic (exact) mass is 323 g/mol. The average Bonchev–Trinajstić information content (AvgIpc) is 2.51. The molecule has 2 aromatic rings. The summed E-state index contributed by atoms with van der Waals surface area (Å²) in [4.78, 5) is 3.54. The molecule has 0 unspecified atom stereocenters. The summed E-state index contributed by atoms with van der Waals surface area (Å²) in [6.07, 6.45) is 1.51. The zero-order valence-corrected chi connectivity index (χ0v) is 11.4. The van der Waals surface area contributed by atoms with E-state index in [2.05, 4.69) is 10.4 Å². The van der Waals surface area contributed by atoms with Crippen LogP contribution in [0.25, 0.3) is 0 Å². The number of halogens is 4. The Morgan fingerprint density at radius 3 is 2.30 bits per heavy atom. The van der Waals surface area contributed by atoms with Crippen molar-refractivity contribution in [2.24, 2.45) is 10.7 Å². The zero-order chi connectivity index (χ0) is 17.0. The number of nitrogens with two attached hydrogens (primary N) is 1. The largest absolute Gasteiger partial charge is 0.367 e. The van der Waals surface area contributed by atoms with Gasteiger partial charge in [0, 0.05) is 12.1 Å². The standard InChI is InChI=1S/C14H9F4N5/c15-8-1-3-10(17)12(5-8)21-14(20)23(7-19)22-13-6-9(16)2-4-11(13)18/h1-6,22H,(H2,20,21). The summed E-state index contributed by atoms with van der Waals surface area (Å²) in [6, 6.07) is 4.99. The van der Waals surface area contributed by atoms with Gasteiger partial charge in [-0.1, -0.05) is 0 Å². The van der Waals surface area contributed by atoms with Gasteiger partial charge in [0.15, 0.2) is 0 Å². The van der Waals surface area contributed by atoms with Crippen LogP contribution in [0, 0.1) is 34.7 Å². The summed E-state index contributed by atoms with van der Waals surface area (Å²) < 4.78 is 53.1. The van der Waals surface area contributed by atoms with Crippen LogP contribution in [0.1, 0.15) is 0 Å². The van der Waals surface area contributed by atoms with Gasteiger partial charge in [-0.2, -0.15) is 10.3 Å². The van der Waals surface area contributed by atoms with Crippen molar-refractivity contribution >= 4 is 17.3 Å². The van der Waals surface area contributed by atoms with Crippen molar-refractivity contribution < 1.29 is 17.6 Å². The van der Waals surface area contributed by atoms with Crippen LogP contribution in [0.2, 0.25) is 0 Å². The molecule has 0 aliphatic carbocycles. The predicted molar refractivity (Wildman–Crippen MR) is 75.1 cm³/mol. The molecule has 5 nitrogen and oxygen atoms in total. The van der Waals surface area contributed by atoms with Crippen LogP contribution in [0.15, 0.2) is 41.4 Å². The molecule has 3 N–H and O–H groups in total. The van der Waals surface area contributed by atoms with Gasteiger partial charge in [-0.3, -0.25) is 5.43 Å². The van der Waals surface area contributed by atoms with E-state index in [1.165, 1.54) is 6.19 Å². The quantitative estimate of drug-likeness (QED) is 0.227. The number of nitrogens with zero attached hydrogens (tertiary/aromatic N) is 3. The Bertz CT molecular complexity index is 800. The fourth-order valence-corrected chi connectivity index (χ4v) is 1.58. The van der Waals surface area contributed by atoms with Crippen molar-refractivity contribution in [2.75, 3.05) is 5.43 Å². The maximum atomic E-state index is 13.5. The molecule has 2 aromatic carbocycles. The van der Waals surface area contributed by atoms with Gasteiger partial charge >= 0.3 is 0 Å². The molecule has 0 aromatic heterocycles. The molecule has 0 saturated heterocycles. The third-order valence-electron chi connectivity index (χ3n) is 2.63. The van der Waals surface area contributed by atoms with Gasteiger partial charge in [0.05, 0.1) is 5.69 Å². The van der Waals surface area contributed by atoms with Crippen molar-refractivity contribution in [3.05, 3.63) is 59.7 Å². The maximum Gasteiger partial charge on any atom is 0.230 e. The summed E-state index contributed by atoms with van der Waals surface area (Å²) in [5, 5.41) is 9.46. The van der Waals surface area contributed by atoms with Crippen LogP contribution >= 0.6 is 0 Å². The maximum absolute atomic E-state index is 13.5. The highest BCUT2D eigenvalue weighted by atomic mass is 19.1. The lowest BCUT2D eigenvalue weighted by Gasteiger charge is -2.17. The van der Waals surface area contributed by atoms with E-state index in [-0.39, 0.29) is 5.69 Å². The molecule has 0 spiro atoms. The molecule has 0 saturated carbocycles. The highest BCUT2D eigenvalue weighted by Crippen LogP contribution is 2.20. The highest BCUT2D eigenvalue weighted by Gasteiger charge is 2.13. The first-order valence-corrected chi connectivity index (χ1v) is 6.11. The van der Waals surface area contributed by atoms with E-state index < -0.39 is 34.9 Å². The molecule has 23 heavy (non-hydrogen) atoms. The summed E-state index contributed by atoms with van der Waals surface area (Å²) in [5.74, 6) is -3.83. The molecule has 0 radical (unpaired) electrons. The molecule has 0 atom stereocenters. The van der Waals surface area contributed by atoms with Crippen LogP contribution < -0.4 is 11.2 Å². The van der Waals surface area contributed by atoms with Crippen molar-refractivity contribution in [1.29, 1.82) is 5.26 Å². The summed E-state index contributed by atoms with van der Waals surface area (Å²) in [5.41, 5.74) is 6.84. The smallest absolute Gasteiger partial charge is 0.230 e. The first kappa shape index (κ1) is 16.1. The fourth-order valence-electron chi connectivity index (χ4n) is 1.58. The Labute approximate surface area is 128 Å². The van der Waals surface area contributed by atoms with Crippen LogP contribution in [0.4, 0.5) is 28.9 Å². The zero-order valence-electron chi connectivity index (χ0n) is 11.4. The fraction of sp³-hybridized carbons (Fsp3) is 0. The molecule has 0 heterocycles. The molecular formula is C14H9F4N5. The second-order valence-corrected chi connectivity index (χ2v) is 4.24.